The number of hydrogen-bond acceptors (Lipinski definition) is 6. The lowest BCUT2D eigenvalue weighted by Gasteiger charge is -1.95. The summed E-state index contributed by atoms with van der Waals surface area (Å²) in [6, 6.07) is -0.0806. The van der Waals surface area contributed by atoms with Crippen LogP contribution >= 0.6 is 0 Å². The second-order valence-electron chi connectivity index (χ2n) is 2.10. The molecular weight excluding hydrogens is 172 g/mol. The van der Waals surface area contributed by atoms with Crippen molar-refractivity contribution in [1.82, 2.24) is 19.9 Å². The minimum Gasteiger partial charge on any atom is -0.382 e. The molecule has 2 aromatic rings. The van der Waals surface area contributed by atoms with Crippen LogP contribution in [0.4, 0.5) is 0 Å². The molecule has 1 radical (unpaired) electrons. The summed E-state index contributed by atoms with van der Waals surface area (Å²) in [7, 11) is 0. The molecule has 0 atom stereocenters. The minimum atomic E-state index is -0.0806. The predicted octanol–water partition coefficient (Wildman–Crippen LogP) is -0.134. The molecular formula is C7H3N4O2. The van der Waals surface area contributed by atoms with Crippen molar-refractivity contribution < 1.29 is 9.53 Å². The maximum atomic E-state index is 9.85. The molecule has 0 spiro atoms. The zero-order chi connectivity index (χ0) is 9.10. The molecule has 2 heterocycles. The van der Waals surface area contributed by atoms with Crippen molar-refractivity contribution in [2.24, 2.45) is 0 Å². The molecule has 0 bridgehead atoms. The molecule has 0 amide bonds. The summed E-state index contributed by atoms with van der Waals surface area (Å²) in [5, 5.41) is 0. The lowest BCUT2D eigenvalue weighted by molar-refractivity contribution is 0.423. The highest BCUT2D eigenvalue weighted by molar-refractivity contribution is 5.67. The van der Waals surface area contributed by atoms with Gasteiger partial charge in [0.1, 0.15) is 5.52 Å². The van der Waals surface area contributed by atoms with Crippen LogP contribution in [0.15, 0.2) is 18.6 Å². The van der Waals surface area contributed by atoms with Crippen LogP contribution < -0.4 is 4.74 Å². The third kappa shape index (κ3) is 1.41. The maximum absolute atomic E-state index is 9.85. The Bertz CT molecular complexity index is 445. The summed E-state index contributed by atoms with van der Waals surface area (Å²) in [6.45, 7) is 1.23. The van der Waals surface area contributed by atoms with Gasteiger partial charge >= 0.3 is 12.5 Å². The monoisotopic (exact) mass is 175 g/mol. The van der Waals surface area contributed by atoms with E-state index in [4.69, 9.17) is 0 Å². The van der Waals surface area contributed by atoms with Crippen molar-refractivity contribution in [1.29, 1.82) is 0 Å². The molecule has 0 unspecified atom stereocenters. The average molecular weight is 175 g/mol. The molecule has 2 rings (SSSR count). The van der Waals surface area contributed by atoms with E-state index in [1.54, 1.807) is 0 Å². The molecule has 13 heavy (non-hydrogen) atoms. The number of fused-ring (bicyclic) bond motifs is 1. The lowest BCUT2D eigenvalue weighted by Crippen LogP contribution is -1.96. The Hall–Kier alpha value is -2.11. The second kappa shape index (κ2) is 3.10. The molecule has 63 valence electrons. The van der Waals surface area contributed by atoms with Crippen molar-refractivity contribution in [3.63, 3.8) is 0 Å². The first kappa shape index (κ1) is 7.53. The minimum absolute atomic E-state index is 0.0806. The molecule has 0 saturated heterocycles. The molecule has 0 aromatic carbocycles. The number of carbonyl (C=O) groups excluding carboxylic acids is 1. The van der Waals surface area contributed by atoms with E-state index in [0.717, 1.165) is 0 Å². The molecule has 6 nitrogen and oxygen atoms in total. The molecule has 0 saturated carbocycles. The predicted molar refractivity (Wildman–Crippen MR) is 41.4 cm³/mol. The third-order valence-electron chi connectivity index (χ3n) is 1.34. The summed E-state index contributed by atoms with van der Waals surface area (Å²) in [4.78, 5) is 25.2. The Morgan fingerprint density at radius 1 is 1.23 bits per heavy atom. The van der Waals surface area contributed by atoms with Gasteiger partial charge in [0.2, 0.25) is 0 Å². The van der Waals surface area contributed by atoms with Crippen LogP contribution in [0.3, 0.4) is 0 Å². The summed E-state index contributed by atoms with van der Waals surface area (Å²) in [5.74, 6) is 0. The largest absolute Gasteiger partial charge is 0.425 e. The fraction of sp³-hybridized carbons (Fsp3) is 0. The van der Waals surface area contributed by atoms with E-state index in [1.807, 2.05) is 0 Å². The van der Waals surface area contributed by atoms with E-state index >= 15 is 0 Å². The summed E-state index contributed by atoms with van der Waals surface area (Å²) >= 11 is 0. The van der Waals surface area contributed by atoms with E-state index in [2.05, 4.69) is 24.7 Å². The first-order valence-corrected chi connectivity index (χ1v) is 3.38. The van der Waals surface area contributed by atoms with Gasteiger partial charge < -0.3 is 4.74 Å². The van der Waals surface area contributed by atoms with Gasteiger partial charge in [-0.1, -0.05) is 0 Å². The number of aromatic nitrogens is 4. The van der Waals surface area contributed by atoms with Gasteiger partial charge in [0.25, 0.3) is 0 Å². The van der Waals surface area contributed by atoms with E-state index in [-0.39, 0.29) is 6.01 Å². The van der Waals surface area contributed by atoms with Crippen LogP contribution in [0, 0.1) is 0 Å². The van der Waals surface area contributed by atoms with Gasteiger partial charge in [0.05, 0.1) is 6.20 Å². The Labute approximate surface area is 72.6 Å². The van der Waals surface area contributed by atoms with E-state index in [0.29, 0.717) is 11.2 Å². The van der Waals surface area contributed by atoms with Crippen molar-refractivity contribution in [2.75, 3.05) is 0 Å². The fourth-order valence-electron chi connectivity index (χ4n) is 0.841. The molecule has 0 N–H and O–H groups in total. The van der Waals surface area contributed by atoms with E-state index < -0.39 is 0 Å². The zero-order valence-corrected chi connectivity index (χ0v) is 6.34. The van der Waals surface area contributed by atoms with Gasteiger partial charge in [-0.25, -0.2) is 19.7 Å². The van der Waals surface area contributed by atoms with Crippen LogP contribution in [-0.2, 0) is 4.79 Å². The standard InChI is InChI=1S/C7H3N4O2/c12-4-13-7-10-3-5-6(11-7)9-2-1-8-5/h1-3H. The summed E-state index contributed by atoms with van der Waals surface area (Å²) in [5.41, 5.74) is 0.920. The third-order valence-corrected chi connectivity index (χ3v) is 1.34. The molecule has 0 aliphatic carbocycles. The lowest BCUT2D eigenvalue weighted by atomic mass is 10.5. The Morgan fingerprint density at radius 2 is 2.08 bits per heavy atom. The highest BCUT2D eigenvalue weighted by atomic mass is 16.5. The van der Waals surface area contributed by atoms with Gasteiger partial charge in [0, 0.05) is 12.4 Å². The van der Waals surface area contributed by atoms with E-state index in [9.17, 15) is 4.79 Å². The van der Waals surface area contributed by atoms with Crippen LogP contribution in [0.2, 0.25) is 0 Å². The SMILES string of the molecule is O=[C]Oc1ncc2nccnc2n1. The first-order chi connectivity index (χ1) is 6.40. The van der Waals surface area contributed by atoms with Gasteiger partial charge in [-0.3, -0.25) is 0 Å². The molecule has 2 aromatic heterocycles. The quantitative estimate of drug-likeness (QED) is 0.632. The summed E-state index contributed by atoms with van der Waals surface area (Å²) < 4.78 is 4.32. The van der Waals surface area contributed by atoms with E-state index in [1.165, 1.54) is 25.1 Å². The second-order valence-corrected chi connectivity index (χ2v) is 2.10. The van der Waals surface area contributed by atoms with Gasteiger partial charge in [-0.2, -0.15) is 4.98 Å². The fourth-order valence-corrected chi connectivity index (χ4v) is 0.841. The van der Waals surface area contributed by atoms with Crippen molar-refractivity contribution >= 4 is 17.6 Å². The normalized spacial score (nSPS) is 9.85. The van der Waals surface area contributed by atoms with Gasteiger partial charge in [-0.05, 0) is 0 Å². The maximum Gasteiger partial charge on any atom is 0.425 e. The number of ether oxygens (including phenoxy) is 1. The topological polar surface area (TPSA) is 77.9 Å². The number of hydrogen-bond donors (Lipinski definition) is 0. The molecule has 0 aliphatic rings. The number of nitrogens with zero attached hydrogens (tertiary/aromatic N) is 4. The van der Waals surface area contributed by atoms with Crippen molar-refractivity contribution in [3.05, 3.63) is 18.6 Å². The van der Waals surface area contributed by atoms with Crippen LogP contribution in [0.5, 0.6) is 6.01 Å². The van der Waals surface area contributed by atoms with Crippen LogP contribution in [0.25, 0.3) is 11.2 Å². The Kier molecular flexibility index (Phi) is 1.79. The molecule has 6 heteroatoms. The summed E-state index contributed by atoms with van der Waals surface area (Å²) in [6.07, 6.45) is 4.43. The van der Waals surface area contributed by atoms with Gasteiger partial charge in [-0.15, -0.1) is 0 Å². The zero-order valence-electron chi connectivity index (χ0n) is 6.34. The first-order valence-electron chi connectivity index (χ1n) is 3.38. The highest BCUT2D eigenvalue weighted by Gasteiger charge is 2.01. The van der Waals surface area contributed by atoms with Crippen LogP contribution in [0.1, 0.15) is 0 Å². The Morgan fingerprint density at radius 3 is 2.92 bits per heavy atom. The smallest absolute Gasteiger partial charge is 0.382 e. The highest BCUT2D eigenvalue weighted by Crippen LogP contribution is 2.06. The van der Waals surface area contributed by atoms with Crippen molar-refractivity contribution in [2.45, 2.75) is 0 Å². The van der Waals surface area contributed by atoms with Crippen molar-refractivity contribution in [3.8, 4) is 6.01 Å². The van der Waals surface area contributed by atoms with Gasteiger partial charge in [0.15, 0.2) is 5.65 Å². The molecule has 0 fully saturated rings. The Balaban J connectivity index is 2.55. The molecule has 0 aliphatic heterocycles. The van der Waals surface area contributed by atoms with Crippen LogP contribution in [-0.4, -0.2) is 26.4 Å². The average Bonchev–Trinajstić information content (AvgIpc) is 2.18. The number of rotatable bonds is 2.